The molecule has 0 aliphatic carbocycles. The molecule has 4 heteroatoms. The van der Waals surface area contributed by atoms with Crippen molar-refractivity contribution >= 4 is 28.3 Å². The number of anilines is 1. The van der Waals surface area contributed by atoms with Crippen molar-refractivity contribution in [2.45, 2.75) is 20.0 Å². The number of nitrogens with one attached hydrogen (secondary N) is 1. The number of hydrogen-bond acceptors (Lipinski definition) is 3. The highest BCUT2D eigenvalue weighted by Crippen LogP contribution is 2.19. The minimum Gasteiger partial charge on any atom is -0.449 e. The van der Waals surface area contributed by atoms with Gasteiger partial charge in [-0.1, -0.05) is 36.4 Å². The van der Waals surface area contributed by atoms with Gasteiger partial charge in [-0.05, 0) is 36.8 Å². The molecule has 0 saturated heterocycles. The Bertz CT molecular complexity index is 691. The third kappa shape index (κ3) is 3.92. The topological polar surface area (TPSA) is 55.4 Å². The smallest absolute Gasteiger partial charge is 0.331 e. The monoisotopic (exact) mass is 283 g/mol. The zero-order valence-corrected chi connectivity index (χ0v) is 12.0. The van der Waals surface area contributed by atoms with Crippen molar-refractivity contribution in [3.63, 3.8) is 0 Å². The maximum atomic E-state index is 12.0. The van der Waals surface area contributed by atoms with E-state index in [2.05, 4.69) is 5.32 Å². The summed E-state index contributed by atoms with van der Waals surface area (Å²) in [7, 11) is 0. The zero-order valence-electron chi connectivity index (χ0n) is 12.0. The van der Waals surface area contributed by atoms with Gasteiger partial charge in [0.2, 0.25) is 0 Å². The molecule has 1 atom stereocenters. The fourth-order valence-electron chi connectivity index (χ4n) is 1.91. The summed E-state index contributed by atoms with van der Waals surface area (Å²) in [6.45, 7) is 3.25. The number of hydrogen-bond donors (Lipinski definition) is 1. The van der Waals surface area contributed by atoms with Crippen LogP contribution in [0.1, 0.15) is 13.8 Å². The molecule has 0 bridgehead atoms. The van der Waals surface area contributed by atoms with Gasteiger partial charge >= 0.3 is 5.97 Å². The van der Waals surface area contributed by atoms with E-state index in [0.717, 1.165) is 10.8 Å². The second kappa shape index (κ2) is 6.70. The molecule has 0 heterocycles. The molecule has 0 spiro atoms. The van der Waals surface area contributed by atoms with E-state index >= 15 is 0 Å². The third-order valence-electron chi connectivity index (χ3n) is 2.98. The number of amides is 1. The molecule has 0 fully saturated rings. The largest absolute Gasteiger partial charge is 0.449 e. The van der Waals surface area contributed by atoms with Gasteiger partial charge in [0.25, 0.3) is 5.91 Å². The van der Waals surface area contributed by atoms with Gasteiger partial charge in [0.15, 0.2) is 6.10 Å². The van der Waals surface area contributed by atoms with E-state index < -0.39 is 12.1 Å². The molecule has 0 radical (unpaired) electrons. The maximum absolute atomic E-state index is 12.0. The van der Waals surface area contributed by atoms with Crippen LogP contribution in [0.5, 0.6) is 0 Å². The van der Waals surface area contributed by atoms with Crippen molar-refractivity contribution in [1.82, 2.24) is 0 Å². The quantitative estimate of drug-likeness (QED) is 0.692. The number of benzene rings is 2. The predicted octanol–water partition coefficient (Wildman–Crippen LogP) is 3.29. The first kappa shape index (κ1) is 14.8. The summed E-state index contributed by atoms with van der Waals surface area (Å²) in [4.78, 5) is 23.3. The molecule has 21 heavy (non-hydrogen) atoms. The van der Waals surface area contributed by atoms with Crippen molar-refractivity contribution < 1.29 is 14.3 Å². The first-order valence-electron chi connectivity index (χ1n) is 6.73. The van der Waals surface area contributed by atoms with E-state index in [1.54, 1.807) is 13.0 Å². The number of carbonyl (C=O) groups excluding carboxylic acids is 2. The van der Waals surface area contributed by atoms with Crippen LogP contribution in [0.25, 0.3) is 10.8 Å². The Labute approximate surface area is 123 Å². The van der Waals surface area contributed by atoms with Gasteiger partial charge in [0, 0.05) is 11.8 Å². The lowest BCUT2D eigenvalue weighted by atomic mass is 10.1. The Morgan fingerprint density at radius 1 is 1.14 bits per heavy atom. The minimum atomic E-state index is -0.847. The number of esters is 1. The molecule has 0 saturated carbocycles. The Balaban J connectivity index is 2.05. The van der Waals surface area contributed by atoms with E-state index in [4.69, 9.17) is 4.74 Å². The highest BCUT2D eigenvalue weighted by Gasteiger charge is 2.16. The molecule has 108 valence electrons. The highest BCUT2D eigenvalue weighted by molar-refractivity contribution is 5.98. The first-order valence-corrected chi connectivity index (χ1v) is 6.73. The minimum absolute atomic E-state index is 0.358. The summed E-state index contributed by atoms with van der Waals surface area (Å²) in [5.74, 6) is -0.887. The van der Waals surface area contributed by atoms with Crippen molar-refractivity contribution in [2.24, 2.45) is 0 Å². The molecular formula is C17H17NO3. The summed E-state index contributed by atoms with van der Waals surface area (Å²) >= 11 is 0. The second-order valence-electron chi connectivity index (χ2n) is 4.63. The molecule has 2 aromatic carbocycles. The van der Waals surface area contributed by atoms with Gasteiger partial charge in [0.05, 0.1) is 0 Å². The average molecular weight is 283 g/mol. The average Bonchev–Trinajstić information content (AvgIpc) is 2.47. The van der Waals surface area contributed by atoms with Crippen molar-refractivity contribution in [1.29, 1.82) is 0 Å². The van der Waals surface area contributed by atoms with E-state index in [9.17, 15) is 9.59 Å². The van der Waals surface area contributed by atoms with Crippen molar-refractivity contribution in [3.05, 3.63) is 54.6 Å². The lowest BCUT2D eigenvalue weighted by Gasteiger charge is -2.12. The molecule has 0 unspecified atom stereocenters. The molecule has 0 aromatic heterocycles. The van der Waals surface area contributed by atoms with Crippen LogP contribution in [-0.4, -0.2) is 18.0 Å². The second-order valence-corrected chi connectivity index (χ2v) is 4.63. The van der Waals surface area contributed by atoms with Gasteiger partial charge in [-0.2, -0.15) is 0 Å². The molecule has 4 nitrogen and oxygen atoms in total. The zero-order chi connectivity index (χ0) is 15.2. The molecule has 1 amide bonds. The lowest BCUT2D eigenvalue weighted by molar-refractivity contribution is -0.148. The van der Waals surface area contributed by atoms with Crippen molar-refractivity contribution in [3.8, 4) is 0 Å². The molecular weight excluding hydrogens is 266 g/mol. The van der Waals surface area contributed by atoms with Crippen LogP contribution in [0.2, 0.25) is 0 Å². The normalized spacial score (nSPS) is 12.3. The fourth-order valence-corrected chi connectivity index (χ4v) is 1.91. The van der Waals surface area contributed by atoms with Crippen LogP contribution < -0.4 is 5.32 Å². The van der Waals surface area contributed by atoms with Crippen LogP contribution in [0, 0.1) is 0 Å². The number of carbonyl (C=O) groups is 2. The number of fused-ring (bicyclic) bond motifs is 1. The fraction of sp³-hybridized carbons (Fsp3) is 0.176. The van der Waals surface area contributed by atoms with Gasteiger partial charge in [0.1, 0.15) is 0 Å². The summed E-state index contributed by atoms with van der Waals surface area (Å²) < 4.78 is 4.97. The van der Waals surface area contributed by atoms with Gasteiger partial charge in [-0.25, -0.2) is 4.79 Å². The van der Waals surface area contributed by atoms with E-state index in [0.29, 0.717) is 5.69 Å². The Hall–Kier alpha value is -2.62. The molecule has 0 aliphatic heterocycles. The van der Waals surface area contributed by atoms with E-state index in [1.165, 1.54) is 13.0 Å². The van der Waals surface area contributed by atoms with Crippen LogP contribution in [0.15, 0.2) is 54.6 Å². The van der Waals surface area contributed by atoms with Crippen molar-refractivity contribution in [2.75, 3.05) is 5.32 Å². The van der Waals surface area contributed by atoms with Crippen LogP contribution >= 0.6 is 0 Å². The summed E-state index contributed by atoms with van der Waals surface area (Å²) in [6, 6.07) is 13.5. The Morgan fingerprint density at radius 2 is 1.86 bits per heavy atom. The predicted molar refractivity (Wildman–Crippen MR) is 82.9 cm³/mol. The standard InChI is InChI=1S/C17H17NO3/c1-3-6-16(19)21-12(2)17(20)18-15-10-9-13-7-4-5-8-14(13)11-15/h3-12H,1-2H3,(H,18,20)/b6-3+/t12-/m1/s1. The first-order chi connectivity index (χ1) is 10.1. The molecule has 2 rings (SSSR count). The summed E-state index contributed by atoms with van der Waals surface area (Å²) in [5.41, 5.74) is 0.674. The Morgan fingerprint density at radius 3 is 2.57 bits per heavy atom. The molecule has 0 aliphatic rings. The number of allylic oxidation sites excluding steroid dienone is 1. The summed E-state index contributed by atoms with van der Waals surface area (Å²) in [6.07, 6.45) is 2.00. The summed E-state index contributed by atoms with van der Waals surface area (Å²) in [5, 5.41) is 4.88. The van der Waals surface area contributed by atoms with Gasteiger partial charge in [-0.15, -0.1) is 0 Å². The highest BCUT2D eigenvalue weighted by atomic mass is 16.5. The Kier molecular flexibility index (Phi) is 4.72. The number of ether oxygens (including phenoxy) is 1. The van der Waals surface area contributed by atoms with E-state index in [-0.39, 0.29) is 5.91 Å². The van der Waals surface area contributed by atoms with Crippen LogP contribution in [0.4, 0.5) is 5.69 Å². The maximum Gasteiger partial charge on any atom is 0.331 e. The third-order valence-corrected chi connectivity index (χ3v) is 2.98. The van der Waals surface area contributed by atoms with Gasteiger partial charge in [-0.3, -0.25) is 4.79 Å². The van der Waals surface area contributed by atoms with Gasteiger partial charge < -0.3 is 10.1 Å². The van der Waals surface area contributed by atoms with E-state index in [1.807, 2.05) is 42.5 Å². The molecule has 1 N–H and O–H groups in total. The lowest BCUT2D eigenvalue weighted by Crippen LogP contribution is -2.29. The SMILES string of the molecule is C/C=C/C(=O)O[C@H](C)C(=O)Nc1ccc2ccccc2c1. The molecule has 2 aromatic rings. The number of rotatable bonds is 4. The van der Waals surface area contributed by atoms with Crippen LogP contribution in [-0.2, 0) is 14.3 Å². The van der Waals surface area contributed by atoms with Crippen LogP contribution in [0.3, 0.4) is 0 Å².